The Morgan fingerprint density at radius 1 is 1.39 bits per heavy atom. The van der Waals surface area contributed by atoms with E-state index in [9.17, 15) is 10.2 Å². The Balaban J connectivity index is 1.86. The van der Waals surface area contributed by atoms with Crippen LogP contribution in [-0.4, -0.2) is 52.2 Å². The lowest BCUT2D eigenvalue weighted by Gasteiger charge is -2.62. The van der Waals surface area contributed by atoms with E-state index in [4.69, 9.17) is 10.6 Å². The van der Waals surface area contributed by atoms with Crippen molar-refractivity contribution in [1.29, 1.82) is 0 Å². The Kier molecular flexibility index (Phi) is 2.37. The second kappa shape index (κ2) is 3.99. The zero-order chi connectivity index (χ0) is 16.0. The number of ether oxygens (including phenoxy) is 1. The van der Waals surface area contributed by atoms with Crippen molar-refractivity contribution >= 4 is 5.71 Å². The SMILES string of the molecule is CN1CC[C@]23c4c5ccc(O)c4OC2/C(=N/N)CC[C@@]3(O)[C@H]1C5. The summed E-state index contributed by atoms with van der Waals surface area (Å²) in [5.74, 6) is 6.29. The third-order valence-corrected chi connectivity index (χ3v) is 6.71. The van der Waals surface area contributed by atoms with Crippen molar-refractivity contribution in [2.24, 2.45) is 10.9 Å². The molecule has 2 fully saturated rings. The maximum atomic E-state index is 11.8. The van der Waals surface area contributed by atoms with E-state index in [0.29, 0.717) is 18.6 Å². The number of nitrogens with two attached hydrogens (primary N) is 1. The number of rotatable bonds is 0. The summed E-state index contributed by atoms with van der Waals surface area (Å²) in [5.41, 5.74) is 1.55. The van der Waals surface area contributed by atoms with Gasteiger partial charge in [0.25, 0.3) is 0 Å². The average Bonchev–Trinajstić information content (AvgIpc) is 2.89. The minimum atomic E-state index is -0.870. The van der Waals surface area contributed by atoms with E-state index in [2.05, 4.69) is 17.0 Å². The highest BCUT2D eigenvalue weighted by Gasteiger charge is 2.72. The van der Waals surface area contributed by atoms with Crippen molar-refractivity contribution in [2.75, 3.05) is 13.6 Å². The first-order valence-corrected chi connectivity index (χ1v) is 8.24. The molecule has 4 atom stereocenters. The molecule has 6 nitrogen and oxygen atoms in total. The summed E-state index contributed by atoms with van der Waals surface area (Å²) < 4.78 is 6.17. The molecule has 1 saturated carbocycles. The normalized spacial score (nSPS) is 42.4. The van der Waals surface area contributed by atoms with Crippen LogP contribution in [0.1, 0.15) is 30.4 Å². The van der Waals surface area contributed by atoms with Crippen LogP contribution < -0.4 is 10.6 Å². The van der Waals surface area contributed by atoms with Gasteiger partial charge in [0, 0.05) is 11.6 Å². The van der Waals surface area contributed by atoms with Crippen molar-refractivity contribution in [3.05, 3.63) is 23.3 Å². The zero-order valence-corrected chi connectivity index (χ0v) is 13.1. The van der Waals surface area contributed by atoms with Crippen LogP contribution in [0.3, 0.4) is 0 Å². The number of nitrogens with zero attached hydrogens (tertiary/aromatic N) is 2. The fourth-order valence-electron chi connectivity index (χ4n) is 5.68. The fourth-order valence-corrected chi connectivity index (χ4v) is 5.68. The predicted octanol–water partition coefficient (Wildman–Crippen LogP) is 0.491. The van der Waals surface area contributed by atoms with E-state index < -0.39 is 11.0 Å². The van der Waals surface area contributed by atoms with Crippen molar-refractivity contribution < 1.29 is 14.9 Å². The van der Waals surface area contributed by atoms with Gasteiger partial charge in [-0.3, -0.25) is 0 Å². The first-order chi connectivity index (χ1) is 11.0. The van der Waals surface area contributed by atoms with Crippen LogP contribution in [0.15, 0.2) is 17.2 Å². The van der Waals surface area contributed by atoms with Gasteiger partial charge in [0.15, 0.2) is 17.6 Å². The van der Waals surface area contributed by atoms with Crippen molar-refractivity contribution in [2.45, 2.75) is 48.8 Å². The van der Waals surface area contributed by atoms with Crippen molar-refractivity contribution in [1.82, 2.24) is 4.90 Å². The highest BCUT2D eigenvalue weighted by atomic mass is 16.5. The maximum absolute atomic E-state index is 11.8. The van der Waals surface area contributed by atoms with E-state index >= 15 is 0 Å². The van der Waals surface area contributed by atoms with Crippen LogP contribution in [0.4, 0.5) is 0 Å². The van der Waals surface area contributed by atoms with E-state index in [0.717, 1.165) is 30.7 Å². The number of phenolic OH excluding ortho intramolecular Hbond substituents is 1. The Labute approximate surface area is 134 Å². The zero-order valence-electron chi connectivity index (χ0n) is 13.1. The number of hydrogen-bond donors (Lipinski definition) is 3. The third kappa shape index (κ3) is 1.29. The van der Waals surface area contributed by atoms with Crippen LogP contribution in [-0.2, 0) is 11.8 Å². The summed E-state index contributed by atoms with van der Waals surface area (Å²) in [7, 11) is 2.08. The molecule has 5 rings (SSSR count). The highest BCUT2D eigenvalue weighted by molar-refractivity contribution is 5.94. The van der Waals surface area contributed by atoms with Gasteiger partial charge in [-0.15, -0.1) is 0 Å². The van der Waals surface area contributed by atoms with Gasteiger partial charge in [0.1, 0.15) is 0 Å². The lowest BCUT2D eigenvalue weighted by atomic mass is 9.49. The predicted molar refractivity (Wildman–Crippen MR) is 84.7 cm³/mol. The minimum Gasteiger partial charge on any atom is -0.504 e. The minimum absolute atomic E-state index is 0.0599. The fraction of sp³-hybridized carbons (Fsp3) is 0.588. The number of aliphatic hydroxyl groups is 1. The van der Waals surface area contributed by atoms with Gasteiger partial charge in [-0.25, -0.2) is 0 Å². The summed E-state index contributed by atoms with van der Waals surface area (Å²) in [6.07, 6.45) is 2.46. The summed E-state index contributed by atoms with van der Waals surface area (Å²) in [5, 5.41) is 26.1. The molecule has 4 aliphatic rings. The summed E-state index contributed by atoms with van der Waals surface area (Å²) in [6, 6.07) is 3.73. The number of aromatic hydroxyl groups is 1. The van der Waals surface area contributed by atoms with Gasteiger partial charge in [-0.1, -0.05) is 6.07 Å². The monoisotopic (exact) mass is 315 g/mol. The molecule has 4 N–H and O–H groups in total. The molecular weight excluding hydrogens is 294 g/mol. The molecule has 122 valence electrons. The molecule has 2 aliphatic heterocycles. The van der Waals surface area contributed by atoms with Gasteiger partial charge in [-0.2, -0.15) is 5.10 Å². The van der Waals surface area contributed by atoms with E-state index in [1.165, 1.54) is 5.56 Å². The van der Waals surface area contributed by atoms with Crippen LogP contribution in [0.5, 0.6) is 11.5 Å². The molecule has 23 heavy (non-hydrogen) atoms. The molecule has 1 aromatic carbocycles. The van der Waals surface area contributed by atoms with Gasteiger partial charge in [-0.05, 0) is 50.9 Å². The van der Waals surface area contributed by atoms with Gasteiger partial charge in [0.05, 0.1) is 16.7 Å². The Bertz CT molecular complexity index is 749. The molecular formula is C17H21N3O3. The quantitative estimate of drug-likeness (QED) is 0.479. The first kappa shape index (κ1) is 13.6. The molecule has 0 amide bonds. The van der Waals surface area contributed by atoms with Crippen molar-refractivity contribution in [3.63, 3.8) is 0 Å². The van der Waals surface area contributed by atoms with E-state index in [1.54, 1.807) is 6.07 Å². The molecule has 2 bridgehead atoms. The lowest BCUT2D eigenvalue weighted by molar-refractivity contribution is -0.160. The van der Waals surface area contributed by atoms with Crippen LogP contribution >= 0.6 is 0 Å². The summed E-state index contributed by atoms with van der Waals surface area (Å²) in [6.45, 7) is 0.888. The molecule has 2 aliphatic carbocycles. The molecule has 1 spiro atoms. The number of piperidine rings is 1. The van der Waals surface area contributed by atoms with E-state index in [1.807, 2.05) is 6.07 Å². The van der Waals surface area contributed by atoms with E-state index in [-0.39, 0.29) is 17.9 Å². The molecule has 2 heterocycles. The standard InChI is InChI=1S/C17H21N3O3/c1-20-7-6-16-13-9-2-3-11(21)14(13)23-15(16)10(19-18)4-5-17(16,22)12(20)8-9/h2-3,12,15,21-22H,4-8,18H2,1H3/b19-10+/t12-,15?,16+,17-/m1/s1. The molecule has 6 heteroatoms. The first-order valence-electron chi connectivity index (χ1n) is 8.24. The Hall–Kier alpha value is -1.79. The molecule has 1 saturated heterocycles. The topological polar surface area (TPSA) is 91.3 Å². The molecule has 0 radical (unpaired) electrons. The number of likely N-dealkylation sites (tertiary alicyclic amines) is 1. The number of hydrazone groups is 1. The van der Waals surface area contributed by atoms with Crippen LogP contribution in [0.25, 0.3) is 0 Å². The molecule has 0 aromatic heterocycles. The van der Waals surface area contributed by atoms with Gasteiger partial charge < -0.3 is 25.7 Å². The number of hydrogen-bond acceptors (Lipinski definition) is 6. The average molecular weight is 315 g/mol. The summed E-state index contributed by atoms with van der Waals surface area (Å²) in [4.78, 5) is 2.26. The second-order valence-electron chi connectivity index (χ2n) is 7.41. The molecule has 1 unspecified atom stereocenters. The number of likely N-dealkylation sites (N-methyl/N-ethyl adjacent to an activating group) is 1. The lowest BCUT2D eigenvalue weighted by Crippen LogP contribution is -2.76. The molecule has 1 aromatic rings. The summed E-state index contributed by atoms with van der Waals surface area (Å²) >= 11 is 0. The second-order valence-corrected chi connectivity index (χ2v) is 7.41. The number of benzene rings is 1. The smallest absolute Gasteiger partial charge is 0.166 e. The van der Waals surface area contributed by atoms with Crippen molar-refractivity contribution in [3.8, 4) is 11.5 Å². The largest absolute Gasteiger partial charge is 0.504 e. The third-order valence-electron chi connectivity index (χ3n) is 6.71. The van der Waals surface area contributed by atoms with Gasteiger partial charge >= 0.3 is 0 Å². The van der Waals surface area contributed by atoms with Crippen LogP contribution in [0.2, 0.25) is 0 Å². The Morgan fingerprint density at radius 3 is 3.00 bits per heavy atom. The highest BCUT2D eigenvalue weighted by Crippen LogP contribution is 2.64. The number of phenols is 1. The Morgan fingerprint density at radius 2 is 2.22 bits per heavy atom. The maximum Gasteiger partial charge on any atom is 0.166 e. The van der Waals surface area contributed by atoms with Crippen LogP contribution in [0, 0.1) is 0 Å². The van der Waals surface area contributed by atoms with Gasteiger partial charge in [0.2, 0.25) is 0 Å².